The number of hydrogen-bond donors (Lipinski definition) is 1. The molecule has 0 bridgehead atoms. The molecule has 0 atom stereocenters. The van der Waals surface area contributed by atoms with Crippen LogP contribution < -0.4 is 5.32 Å². The molecule has 100 valence electrons. The maximum absolute atomic E-state index is 11.8. The highest BCUT2D eigenvalue weighted by Crippen LogP contribution is 2.11. The molecule has 3 nitrogen and oxygen atoms in total. The second kappa shape index (κ2) is 6.23. The number of aryl methyl sites for hydroxylation is 2. The summed E-state index contributed by atoms with van der Waals surface area (Å²) in [6, 6.07) is 11.8. The molecule has 3 heteroatoms. The van der Waals surface area contributed by atoms with Gasteiger partial charge in [-0.3, -0.25) is 4.79 Å². The van der Waals surface area contributed by atoms with Crippen molar-refractivity contribution in [2.24, 2.45) is 0 Å². The maximum atomic E-state index is 11.8. The molecule has 1 aromatic carbocycles. The third-order valence-corrected chi connectivity index (χ3v) is 3.06. The number of carbonyl (C=O) groups excluding carboxylic acids is 1. The Hall–Kier alpha value is -2.03. The molecule has 0 amide bonds. The molecule has 19 heavy (non-hydrogen) atoms. The van der Waals surface area contributed by atoms with Crippen molar-refractivity contribution < 1.29 is 9.21 Å². The molecule has 0 radical (unpaired) electrons. The van der Waals surface area contributed by atoms with Gasteiger partial charge < -0.3 is 9.73 Å². The van der Waals surface area contributed by atoms with Gasteiger partial charge in [0.25, 0.3) is 0 Å². The summed E-state index contributed by atoms with van der Waals surface area (Å²) in [5.41, 5.74) is 2.35. The van der Waals surface area contributed by atoms with Crippen molar-refractivity contribution in [2.45, 2.75) is 26.7 Å². The number of carbonyl (C=O) groups is 1. The summed E-state index contributed by atoms with van der Waals surface area (Å²) in [6.07, 6.45) is 1.47. The summed E-state index contributed by atoms with van der Waals surface area (Å²) in [7, 11) is 0. The summed E-state index contributed by atoms with van der Waals surface area (Å²) in [5.74, 6) is 1.25. The van der Waals surface area contributed by atoms with Crippen molar-refractivity contribution in [2.75, 3.05) is 11.9 Å². The number of furan rings is 1. The number of anilines is 1. The topological polar surface area (TPSA) is 42.2 Å². The van der Waals surface area contributed by atoms with Crippen LogP contribution in [0.3, 0.4) is 0 Å². The minimum atomic E-state index is 0.0331. The lowest BCUT2D eigenvalue weighted by Gasteiger charge is -2.06. The van der Waals surface area contributed by atoms with Gasteiger partial charge in [-0.2, -0.15) is 0 Å². The van der Waals surface area contributed by atoms with Crippen LogP contribution in [0.15, 0.2) is 40.8 Å². The number of hydrogen-bond acceptors (Lipinski definition) is 3. The van der Waals surface area contributed by atoms with E-state index in [-0.39, 0.29) is 5.78 Å². The van der Waals surface area contributed by atoms with Crippen molar-refractivity contribution in [1.29, 1.82) is 0 Å². The van der Waals surface area contributed by atoms with Crippen LogP contribution in [0.4, 0.5) is 5.69 Å². The van der Waals surface area contributed by atoms with Crippen LogP contribution >= 0.6 is 0 Å². The normalized spacial score (nSPS) is 10.4. The standard InChI is InChI=1S/C16H19NO2/c1-3-13-5-7-14(8-6-13)17-11-10-15(18)16-9-4-12(2)19-16/h4-9,17H,3,10-11H2,1-2H3. The summed E-state index contributed by atoms with van der Waals surface area (Å²) in [4.78, 5) is 11.8. The minimum Gasteiger partial charge on any atom is -0.458 e. The second-order valence-corrected chi connectivity index (χ2v) is 4.56. The summed E-state index contributed by atoms with van der Waals surface area (Å²) in [5, 5.41) is 3.24. The zero-order valence-electron chi connectivity index (χ0n) is 11.4. The number of Topliss-reactive ketones (excluding diaryl/α,β-unsaturated/α-hetero) is 1. The number of nitrogens with one attached hydrogen (secondary N) is 1. The van der Waals surface area contributed by atoms with Gasteiger partial charge in [-0.05, 0) is 43.2 Å². The Balaban J connectivity index is 1.81. The lowest BCUT2D eigenvalue weighted by molar-refractivity contribution is 0.0958. The van der Waals surface area contributed by atoms with Gasteiger partial charge in [-0.1, -0.05) is 19.1 Å². The van der Waals surface area contributed by atoms with Crippen molar-refractivity contribution in [3.63, 3.8) is 0 Å². The second-order valence-electron chi connectivity index (χ2n) is 4.56. The average molecular weight is 257 g/mol. The molecule has 0 unspecified atom stereocenters. The van der Waals surface area contributed by atoms with Gasteiger partial charge in [0, 0.05) is 18.7 Å². The fourth-order valence-electron chi connectivity index (χ4n) is 1.89. The van der Waals surface area contributed by atoms with Crippen LogP contribution in [0, 0.1) is 6.92 Å². The van der Waals surface area contributed by atoms with Gasteiger partial charge >= 0.3 is 0 Å². The predicted molar refractivity (Wildman–Crippen MR) is 76.7 cm³/mol. The van der Waals surface area contributed by atoms with Crippen LogP contribution in [-0.4, -0.2) is 12.3 Å². The SMILES string of the molecule is CCc1ccc(NCCC(=O)c2ccc(C)o2)cc1. The molecule has 0 spiro atoms. The van der Waals surface area contributed by atoms with Crippen LogP contribution in [0.25, 0.3) is 0 Å². The summed E-state index contributed by atoms with van der Waals surface area (Å²) >= 11 is 0. The highest BCUT2D eigenvalue weighted by Gasteiger charge is 2.09. The number of benzene rings is 1. The third-order valence-electron chi connectivity index (χ3n) is 3.06. The van der Waals surface area contributed by atoms with E-state index < -0.39 is 0 Å². The van der Waals surface area contributed by atoms with Crippen molar-refractivity contribution in [3.8, 4) is 0 Å². The maximum Gasteiger partial charge on any atom is 0.199 e. The first-order valence-corrected chi connectivity index (χ1v) is 6.61. The van der Waals surface area contributed by atoms with Crippen LogP contribution in [0.2, 0.25) is 0 Å². The molecule has 0 aliphatic rings. The van der Waals surface area contributed by atoms with E-state index in [0.717, 1.165) is 17.9 Å². The number of ketones is 1. The van der Waals surface area contributed by atoms with E-state index in [4.69, 9.17) is 4.42 Å². The van der Waals surface area contributed by atoms with Gasteiger partial charge in [0.2, 0.25) is 0 Å². The first-order chi connectivity index (χ1) is 9.19. The summed E-state index contributed by atoms with van der Waals surface area (Å²) < 4.78 is 5.30. The first-order valence-electron chi connectivity index (χ1n) is 6.61. The molecule has 2 aromatic rings. The lowest BCUT2D eigenvalue weighted by atomic mass is 10.1. The Kier molecular flexibility index (Phi) is 4.39. The lowest BCUT2D eigenvalue weighted by Crippen LogP contribution is -2.08. The van der Waals surface area contributed by atoms with Crippen LogP contribution in [0.5, 0.6) is 0 Å². The Bertz CT molecular complexity index is 540. The van der Waals surface area contributed by atoms with Crippen LogP contribution in [0.1, 0.15) is 35.2 Å². The number of rotatable bonds is 6. The van der Waals surface area contributed by atoms with Gasteiger partial charge in [0.15, 0.2) is 11.5 Å². The predicted octanol–water partition coefficient (Wildman–Crippen LogP) is 3.84. The molecule has 0 aliphatic heterocycles. The quantitative estimate of drug-likeness (QED) is 0.799. The Morgan fingerprint density at radius 3 is 2.47 bits per heavy atom. The van der Waals surface area contributed by atoms with E-state index in [1.165, 1.54) is 5.56 Å². The molecule has 0 saturated carbocycles. The van der Waals surface area contributed by atoms with E-state index in [2.05, 4.69) is 24.4 Å². The molecular weight excluding hydrogens is 238 g/mol. The molecular formula is C16H19NO2. The fraction of sp³-hybridized carbons (Fsp3) is 0.312. The van der Waals surface area contributed by atoms with Gasteiger partial charge in [-0.25, -0.2) is 0 Å². The highest BCUT2D eigenvalue weighted by atomic mass is 16.3. The Morgan fingerprint density at radius 1 is 1.16 bits per heavy atom. The van der Waals surface area contributed by atoms with E-state index >= 15 is 0 Å². The fourth-order valence-corrected chi connectivity index (χ4v) is 1.89. The molecule has 0 saturated heterocycles. The molecule has 1 aromatic heterocycles. The van der Waals surface area contributed by atoms with E-state index in [1.54, 1.807) is 6.07 Å². The molecule has 2 rings (SSSR count). The molecule has 0 aliphatic carbocycles. The Labute approximate surface area is 113 Å². The highest BCUT2D eigenvalue weighted by molar-refractivity contribution is 5.93. The minimum absolute atomic E-state index is 0.0331. The van der Waals surface area contributed by atoms with Gasteiger partial charge in [0.1, 0.15) is 5.76 Å². The first kappa shape index (κ1) is 13.4. The average Bonchev–Trinajstić information content (AvgIpc) is 2.86. The van der Waals surface area contributed by atoms with E-state index in [0.29, 0.717) is 18.7 Å². The van der Waals surface area contributed by atoms with E-state index in [1.807, 2.05) is 25.1 Å². The molecule has 1 heterocycles. The smallest absolute Gasteiger partial charge is 0.199 e. The van der Waals surface area contributed by atoms with Crippen molar-refractivity contribution in [1.82, 2.24) is 0 Å². The van der Waals surface area contributed by atoms with Crippen molar-refractivity contribution in [3.05, 3.63) is 53.5 Å². The molecule has 0 fully saturated rings. The Morgan fingerprint density at radius 2 is 1.89 bits per heavy atom. The zero-order chi connectivity index (χ0) is 13.7. The van der Waals surface area contributed by atoms with E-state index in [9.17, 15) is 4.79 Å². The van der Waals surface area contributed by atoms with Gasteiger partial charge in [-0.15, -0.1) is 0 Å². The zero-order valence-corrected chi connectivity index (χ0v) is 11.4. The monoisotopic (exact) mass is 257 g/mol. The van der Waals surface area contributed by atoms with Crippen molar-refractivity contribution >= 4 is 11.5 Å². The summed E-state index contributed by atoms with van der Waals surface area (Å²) in [6.45, 7) is 4.58. The largest absolute Gasteiger partial charge is 0.458 e. The van der Waals surface area contributed by atoms with Crippen LogP contribution in [-0.2, 0) is 6.42 Å². The third kappa shape index (κ3) is 3.71. The molecule has 1 N–H and O–H groups in total. The van der Waals surface area contributed by atoms with Gasteiger partial charge in [0.05, 0.1) is 0 Å².